The van der Waals surface area contributed by atoms with Gasteiger partial charge in [0, 0.05) is 6.61 Å². The van der Waals surface area contributed by atoms with E-state index in [2.05, 4.69) is 19.1 Å². The average molecular weight is 401 g/mol. The summed E-state index contributed by atoms with van der Waals surface area (Å²) < 4.78 is 11.0. The molecular formula is C23H44O5. The molecular weight excluding hydrogens is 356 g/mol. The quantitative estimate of drug-likeness (QED) is 0.238. The third-order valence-electron chi connectivity index (χ3n) is 5.54. The van der Waals surface area contributed by atoms with E-state index >= 15 is 0 Å². The highest BCUT2D eigenvalue weighted by Gasteiger charge is 2.40. The van der Waals surface area contributed by atoms with Gasteiger partial charge in [0.05, 0.1) is 13.2 Å². The van der Waals surface area contributed by atoms with E-state index in [4.69, 9.17) is 14.6 Å². The monoisotopic (exact) mass is 400 g/mol. The molecule has 0 radical (unpaired) electrons. The second-order valence-corrected chi connectivity index (χ2v) is 8.05. The molecule has 5 nitrogen and oxygen atoms in total. The molecule has 1 aliphatic rings. The zero-order chi connectivity index (χ0) is 20.5. The molecule has 28 heavy (non-hydrogen) atoms. The largest absolute Gasteiger partial charge is 0.394 e. The first-order valence-electron chi connectivity index (χ1n) is 11.5. The Morgan fingerprint density at radius 1 is 0.929 bits per heavy atom. The van der Waals surface area contributed by atoms with E-state index in [-0.39, 0.29) is 13.2 Å². The maximum atomic E-state index is 9.88. The van der Waals surface area contributed by atoms with Crippen LogP contribution < -0.4 is 0 Å². The van der Waals surface area contributed by atoms with E-state index in [1.54, 1.807) is 0 Å². The van der Waals surface area contributed by atoms with Crippen LogP contribution in [0.2, 0.25) is 0 Å². The van der Waals surface area contributed by atoms with Gasteiger partial charge in [-0.25, -0.2) is 0 Å². The number of hydrogen-bond donors (Lipinski definition) is 3. The van der Waals surface area contributed by atoms with Gasteiger partial charge in [-0.05, 0) is 26.2 Å². The van der Waals surface area contributed by atoms with Gasteiger partial charge in [-0.2, -0.15) is 0 Å². The lowest BCUT2D eigenvalue weighted by atomic mass is 10.0. The van der Waals surface area contributed by atoms with E-state index in [1.165, 1.54) is 70.6 Å². The molecule has 0 aromatic carbocycles. The molecule has 1 heterocycles. The molecule has 0 saturated carbocycles. The van der Waals surface area contributed by atoms with Crippen molar-refractivity contribution in [3.8, 4) is 0 Å². The molecule has 0 bridgehead atoms. The lowest BCUT2D eigenvalue weighted by Crippen LogP contribution is -2.42. The van der Waals surface area contributed by atoms with Crippen molar-refractivity contribution in [2.45, 2.75) is 115 Å². The Balaban J connectivity index is 1.85. The minimum absolute atomic E-state index is 0.155. The molecule has 3 N–H and O–H groups in total. The molecule has 0 amide bonds. The first-order chi connectivity index (χ1) is 13.7. The number of rotatable bonds is 18. The smallest absolute Gasteiger partial charge is 0.114 e. The zero-order valence-corrected chi connectivity index (χ0v) is 17.9. The fourth-order valence-corrected chi connectivity index (χ4v) is 3.78. The first-order valence-corrected chi connectivity index (χ1v) is 11.5. The van der Waals surface area contributed by atoms with Gasteiger partial charge in [-0.15, -0.1) is 0 Å². The maximum absolute atomic E-state index is 9.88. The summed E-state index contributed by atoms with van der Waals surface area (Å²) in [4.78, 5) is 0. The highest BCUT2D eigenvalue weighted by atomic mass is 16.6. The van der Waals surface area contributed by atoms with Gasteiger partial charge >= 0.3 is 0 Å². The Hall–Kier alpha value is -0.460. The van der Waals surface area contributed by atoms with Crippen LogP contribution in [0.3, 0.4) is 0 Å². The average Bonchev–Trinajstić information content (AvgIpc) is 3.07. The fourth-order valence-electron chi connectivity index (χ4n) is 3.78. The van der Waals surface area contributed by atoms with Gasteiger partial charge in [0.15, 0.2) is 0 Å². The molecule has 0 aromatic rings. The summed E-state index contributed by atoms with van der Waals surface area (Å²) in [5, 5.41) is 28.6. The Labute approximate surface area is 172 Å². The van der Waals surface area contributed by atoms with E-state index in [1.807, 2.05) is 0 Å². The minimum Gasteiger partial charge on any atom is -0.394 e. The molecule has 1 aliphatic heterocycles. The van der Waals surface area contributed by atoms with Crippen LogP contribution in [-0.4, -0.2) is 59.6 Å². The van der Waals surface area contributed by atoms with Crippen molar-refractivity contribution in [1.82, 2.24) is 0 Å². The molecule has 0 spiro atoms. The van der Waals surface area contributed by atoms with Gasteiger partial charge in [0.1, 0.15) is 24.4 Å². The van der Waals surface area contributed by atoms with Gasteiger partial charge in [0.2, 0.25) is 0 Å². The zero-order valence-electron chi connectivity index (χ0n) is 17.9. The second-order valence-electron chi connectivity index (χ2n) is 8.05. The molecule has 0 aromatic heterocycles. The molecule has 1 rings (SSSR count). The number of hydrogen-bond acceptors (Lipinski definition) is 5. The Morgan fingerprint density at radius 2 is 1.46 bits per heavy atom. The number of unbranched alkanes of at least 4 members (excludes halogenated alkanes) is 12. The summed E-state index contributed by atoms with van der Waals surface area (Å²) in [5.74, 6) is 0. The molecule has 1 fully saturated rings. The van der Waals surface area contributed by atoms with Crippen molar-refractivity contribution in [3.05, 3.63) is 12.2 Å². The van der Waals surface area contributed by atoms with Crippen LogP contribution in [0.25, 0.3) is 0 Å². The predicted octanol–water partition coefficient (Wildman–Crippen LogP) is 4.13. The SMILES string of the molecule is C/C=C/CCCCCCCCCCCCCCO[C@H]1[C@@H]([C@@H](O)CO)OC[C@H]1O. The van der Waals surface area contributed by atoms with Crippen molar-refractivity contribution < 1.29 is 24.8 Å². The van der Waals surface area contributed by atoms with E-state index in [9.17, 15) is 10.2 Å². The second kappa shape index (κ2) is 17.4. The normalized spacial score (nSPS) is 23.6. The van der Waals surface area contributed by atoms with Crippen LogP contribution >= 0.6 is 0 Å². The molecule has 166 valence electrons. The fraction of sp³-hybridized carbons (Fsp3) is 0.913. The Morgan fingerprint density at radius 3 is 2.00 bits per heavy atom. The first kappa shape index (κ1) is 25.6. The van der Waals surface area contributed by atoms with E-state index in [0.717, 1.165) is 12.8 Å². The topological polar surface area (TPSA) is 79.2 Å². The maximum Gasteiger partial charge on any atom is 0.114 e. The van der Waals surface area contributed by atoms with Crippen LogP contribution in [0.4, 0.5) is 0 Å². The molecule has 1 saturated heterocycles. The van der Waals surface area contributed by atoms with Crippen LogP contribution in [0.1, 0.15) is 90.4 Å². The highest BCUT2D eigenvalue weighted by molar-refractivity contribution is 4.89. The standard InChI is InChI=1S/C23H44O5/c1-2-3-4-5-6-7-8-9-10-11-12-13-14-15-16-17-27-23-21(26)19-28-22(23)20(25)18-24/h2-3,20-26H,4-19H2,1H3/b3-2+/t20-,21+,22+,23+/m0/s1. The minimum atomic E-state index is -1.000. The van der Waals surface area contributed by atoms with Crippen LogP contribution in [0.15, 0.2) is 12.2 Å². The molecule has 0 unspecified atom stereocenters. The lowest BCUT2D eigenvalue weighted by molar-refractivity contribution is -0.0938. The summed E-state index contributed by atoms with van der Waals surface area (Å²) in [5.41, 5.74) is 0. The lowest BCUT2D eigenvalue weighted by Gasteiger charge is -2.23. The Bertz CT molecular complexity index is 374. The van der Waals surface area contributed by atoms with E-state index < -0.39 is 24.4 Å². The molecule has 0 aliphatic carbocycles. The third-order valence-corrected chi connectivity index (χ3v) is 5.54. The van der Waals surface area contributed by atoms with Crippen molar-refractivity contribution in [1.29, 1.82) is 0 Å². The predicted molar refractivity (Wildman–Crippen MR) is 113 cm³/mol. The number of aliphatic hydroxyl groups excluding tert-OH is 3. The summed E-state index contributed by atoms with van der Waals surface area (Å²) in [6.45, 7) is 2.43. The van der Waals surface area contributed by atoms with Crippen molar-refractivity contribution in [2.24, 2.45) is 0 Å². The van der Waals surface area contributed by atoms with Crippen LogP contribution in [0.5, 0.6) is 0 Å². The van der Waals surface area contributed by atoms with Gasteiger partial charge < -0.3 is 24.8 Å². The van der Waals surface area contributed by atoms with Crippen molar-refractivity contribution in [3.63, 3.8) is 0 Å². The van der Waals surface area contributed by atoms with Gasteiger partial charge in [-0.1, -0.05) is 76.4 Å². The van der Waals surface area contributed by atoms with Gasteiger partial charge in [0.25, 0.3) is 0 Å². The van der Waals surface area contributed by atoms with Crippen molar-refractivity contribution in [2.75, 3.05) is 19.8 Å². The summed E-state index contributed by atoms with van der Waals surface area (Å²) >= 11 is 0. The highest BCUT2D eigenvalue weighted by Crippen LogP contribution is 2.21. The van der Waals surface area contributed by atoms with Crippen molar-refractivity contribution >= 4 is 0 Å². The van der Waals surface area contributed by atoms with Crippen LogP contribution in [-0.2, 0) is 9.47 Å². The summed E-state index contributed by atoms with van der Waals surface area (Å²) in [7, 11) is 0. The van der Waals surface area contributed by atoms with Gasteiger partial charge in [-0.3, -0.25) is 0 Å². The van der Waals surface area contributed by atoms with E-state index in [0.29, 0.717) is 6.61 Å². The summed E-state index contributed by atoms with van der Waals surface area (Å²) in [6, 6.07) is 0. The Kier molecular flexibility index (Phi) is 15.9. The summed E-state index contributed by atoms with van der Waals surface area (Å²) in [6.07, 6.45) is 18.2. The third kappa shape index (κ3) is 11.5. The number of ether oxygens (including phenoxy) is 2. The molecule has 5 heteroatoms. The number of allylic oxidation sites excluding steroid dienone is 2. The number of aliphatic hydroxyl groups is 3. The molecule has 4 atom stereocenters. The van der Waals surface area contributed by atoms with Crippen LogP contribution in [0, 0.1) is 0 Å².